The lowest BCUT2D eigenvalue weighted by Crippen LogP contribution is -2.48. The molecule has 0 radical (unpaired) electrons. The summed E-state index contributed by atoms with van der Waals surface area (Å²) in [5.74, 6) is 2.06. The third kappa shape index (κ3) is 5.35. The van der Waals surface area contributed by atoms with Gasteiger partial charge < -0.3 is 19.1 Å². The Hall–Kier alpha value is -2.33. The molecule has 0 aromatic heterocycles. The smallest absolute Gasteiger partial charge is 0.240 e. The number of fused-ring (bicyclic) bond motifs is 1. The predicted octanol–water partition coefficient (Wildman–Crippen LogP) is 2.47. The molecule has 1 unspecified atom stereocenters. The molecule has 0 saturated carbocycles. The molecule has 32 heavy (non-hydrogen) atoms. The van der Waals surface area contributed by atoms with Crippen molar-refractivity contribution in [2.45, 2.75) is 30.9 Å². The maximum atomic E-state index is 13.0. The van der Waals surface area contributed by atoms with Gasteiger partial charge in [0.15, 0.2) is 11.5 Å². The molecular formula is C23H31N3O5S. The first-order chi connectivity index (χ1) is 15.3. The molecule has 2 aromatic rings. The molecule has 1 atom stereocenters. The van der Waals surface area contributed by atoms with Gasteiger partial charge in [-0.05, 0) is 62.9 Å². The monoisotopic (exact) mass is 461 g/mol. The first-order valence-electron chi connectivity index (χ1n) is 10.9. The van der Waals surface area contributed by atoms with Gasteiger partial charge in [-0.25, -0.2) is 13.1 Å². The molecule has 0 spiro atoms. The molecule has 0 bridgehead atoms. The molecule has 0 aliphatic carbocycles. The van der Waals surface area contributed by atoms with E-state index in [1.54, 1.807) is 24.3 Å². The zero-order valence-corrected chi connectivity index (χ0v) is 19.6. The van der Waals surface area contributed by atoms with Crippen LogP contribution in [0.2, 0.25) is 0 Å². The highest BCUT2D eigenvalue weighted by Gasteiger charge is 2.27. The van der Waals surface area contributed by atoms with Crippen molar-refractivity contribution in [3.05, 3.63) is 48.0 Å². The molecule has 0 amide bonds. The molecule has 1 saturated heterocycles. The summed E-state index contributed by atoms with van der Waals surface area (Å²) in [5, 5.41) is 0. The fraction of sp³-hybridized carbons (Fsp3) is 0.478. The normalized spacial score (nSPS) is 18.1. The number of ether oxygens (including phenoxy) is 3. The molecule has 1 N–H and O–H groups in total. The summed E-state index contributed by atoms with van der Waals surface area (Å²) in [5.41, 5.74) is 1.00. The average molecular weight is 462 g/mol. The van der Waals surface area contributed by atoms with Gasteiger partial charge in [0.05, 0.1) is 11.0 Å². The van der Waals surface area contributed by atoms with Crippen molar-refractivity contribution in [3.63, 3.8) is 0 Å². The maximum absolute atomic E-state index is 13.0. The number of hydrogen-bond donors (Lipinski definition) is 1. The van der Waals surface area contributed by atoms with Gasteiger partial charge in [0, 0.05) is 38.8 Å². The van der Waals surface area contributed by atoms with E-state index in [4.69, 9.17) is 14.2 Å². The van der Waals surface area contributed by atoms with Gasteiger partial charge in [-0.2, -0.15) is 0 Å². The quantitative estimate of drug-likeness (QED) is 0.647. The van der Waals surface area contributed by atoms with Gasteiger partial charge in [-0.3, -0.25) is 4.90 Å². The van der Waals surface area contributed by atoms with Gasteiger partial charge in [0.2, 0.25) is 16.8 Å². The van der Waals surface area contributed by atoms with Gasteiger partial charge >= 0.3 is 0 Å². The van der Waals surface area contributed by atoms with Crippen molar-refractivity contribution >= 4 is 10.0 Å². The Bertz CT molecular complexity index is 1020. The standard InChI is InChI=1S/C23H31N3O5S/c1-17(2)31-19-5-7-20(8-6-19)32(27,28)24-15-21(26-12-10-25(3)11-13-26)18-4-9-22-23(14-18)30-16-29-22/h4-9,14,17,21,24H,10-13,15-16H2,1-3H3. The lowest BCUT2D eigenvalue weighted by molar-refractivity contribution is 0.112. The van der Waals surface area contributed by atoms with Crippen LogP contribution in [0.4, 0.5) is 0 Å². The Morgan fingerprint density at radius 2 is 1.69 bits per heavy atom. The van der Waals surface area contributed by atoms with Crippen LogP contribution in [-0.4, -0.2) is 70.9 Å². The second-order valence-electron chi connectivity index (χ2n) is 8.46. The van der Waals surface area contributed by atoms with Gasteiger partial charge in [0.1, 0.15) is 5.75 Å². The number of nitrogens with zero attached hydrogens (tertiary/aromatic N) is 2. The number of piperazine rings is 1. The van der Waals surface area contributed by atoms with Crippen LogP contribution >= 0.6 is 0 Å². The summed E-state index contributed by atoms with van der Waals surface area (Å²) >= 11 is 0. The molecule has 9 heteroatoms. The second kappa shape index (κ2) is 9.66. The number of hydrogen-bond acceptors (Lipinski definition) is 7. The summed E-state index contributed by atoms with van der Waals surface area (Å²) in [6.07, 6.45) is 0.0293. The highest BCUT2D eigenvalue weighted by molar-refractivity contribution is 7.89. The molecule has 1 fully saturated rings. The lowest BCUT2D eigenvalue weighted by atomic mass is 10.0. The zero-order valence-electron chi connectivity index (χ0n) is 18.8. The minimum atomic E-state index is -3.67. The van der Waals surface area contributed by atoms with Gasteiger partial charge in [-0.15, -0.1) is 0 Å². The third-order valence-corrected chi connectivity index (χ3v) is 7.17. The fourth-order valence-electron chi connectivity index (χ4n) is 3.95. The van der Waals surface area contributed by atoms with Crippen LogP contribution in [0.15, 0.2) is 47.4 Å². The molecule has 2 aliphatic rings. The average Bonchev–Trinajstić information content (AvgIpc) is 3.23. The Labute approximate surface area is 190 Å². The topological polar surface area (TPSA) is 80.3 Å². The van der Waals surface area contributed by atoms with Crippen LogP contribution in [0.1, 0.15) is 25.5 Å². The molecule has 2 aliphatic heterocycles. The van der Waals surface area contributed by atoms with E-state index in [-0.39, 0.29) is 30.4 Å². The van der Waals surface area contributed by atoms with Crippen LogP contribution in [0, 0.1) is 0 Å². The summed E-state index contributed by atoms with van der Waals surface area (Å²) in [6, 6.07) is 12.2. The SMILES string of the molecule is CC(C)Oc1ccc(S(=O)(=O)NCC(c2ccc3c(c2)OCO3)N2CCN(C)CC2)cc1. The van der Waals surface area contributed by atoms with Crippen molar-refractivity contribution in [1.29, 1.82) is 0 Å². The van der Waals surface area contributed by atoms with Crippen molar-refractivity contribution < 1.29 is 22.6 Å². The fourth-order valence-corrected chi connectivity index (χ4v) is 4.99. The first kappa shape index (κ1) is 22.8. The maximum Gasteiger partial charge on any atom is 0.240 e. The minimum absolute atomic E-state index is 0.0293. The highest BCUT2D eigenvalue weighted by atomic mass is 32.2. The largest absolute Gasteiger partial charge is 0.491 e. The minimum Gasteiger partial charge on any atom is -0.491 e. The predicted molar refractivity (Wildman–Crippen MR) is 122 cm³/mol. The van der Waals surface area contributed by atoms with Crippen LogP contribution < -0.4 is 18.9 Å². The number of benzene rings is 2. The van der Waals surface area contributed by atoms with E-state index < -0.39 is 10.0 Å². The third-order valence-electron chi connectivity index (χ3n) is 5.73. The van der Waals surface area contributed by atoms with E-state index in [1.807, 2.05) is 32.0 Å². The van der Waals surface area contributed by atoms with Crippen molar-refractivity contribution in [2.75, 3.05) is 46.6 Å². The van der Waals surface area contributed by atoms with Crippen molar-refractivity contribution in [1.82, 2.24) is 14.5 Å². The molecular weight excluding hydrogens is 430 g/mol. The van der Waals surface area contributed by atoms with E-state index >= 15 is 0 Å². The van der Waals surface area contributed by atoms with Crippen molar-refractivity contribution in [3.8, 4) is 17.2 Å². The first-order valence-corrected chi connectivity index (χ1v) is 12.4. The Balaban J connectivity index is 1.51. The second-order valence-corrected chi connectivity index (χ2v) is 10.2. The van der Waals surface area contributed by atoms with Gasteiger partial charge in [0.25, 0.3) is 0 Å². The van der Waals surface area contributed by atoms with E-state index in [1.165, 1.54) is 0 Å². The number of rotatable bonds is 8. The zero-order chi connectivity index (χ0) is 22.7. The van der Waals surface area contributed by atoms with Crippen LogP contribution in [0.3, 0.4) is 0 Å². The van der Waals surface area contributed by atoms with Crippen LogP contribution in [0.5, 0.6) is 17.2 Å². The summed E-state index contributed by atoms with van der Waals surface area (Å²) in [7, 11) is -1.57. The summed E-state index contributed by atoms with van der Waals surface area (Å²) in [4.78, 5) is 4.81. The van der Waals surface area contributed by atoms with Gasteiger partial charge in [-0.1, -0.05) is 6.07 Å². The molecule has 8 nitrogen and oxygen atoms in total. The van der Waals surface area contributed by atoms with E-state index in [9.17, 15) is 8.42 Å². The summed E-state index contributed by atoms with van der Waals surface area (Å²) < 4.78 is 45.4. The highest BCUT2D eigenvalue weighted by Crippen LogP contribution is 2.35. The summed E-state index contributed by atoms with van der Waals surface area (Å²) in [6.45, 7) is 7.92. The Morgan fingerprint density at radius 1 is 1.00 bits per heavy atom. The molecule has 2 aromatic carbocycles. The number of sulfonamides is 1. The molecule has 4 rings (SSSR count). The van der Waals surface area contributed by atoms with Crippen molar-refractivity contribution in [2.24, 2.45) is 0 Å². The Morgan fingerprint density at radius 3 is 2.38 bits per heavy atom. The van der Waals surface area contributed by atoms with Crippen LogP contribution in [-0.2, 0) is 10.0 Å². The lowest BCUT2D eigenvalue weighted by Gasteiger charge is -2.38. The van der Waals surface area contributed by atoms with Crippen LogP contribution in [0.25, 0.3) is 0 Å². The molecule has 2 heterocycles. The van der Waals surface area contributed by atoms with E-state index in [2.05, 4.69) is 21.6 Å². The van der Waals surface area contributed by atoms with E-state index in [0.29, 0.717) is 11.5 Å². The Kier molecular flexibility index (Phi) is 6.90. The number of likely N-dealkylation sites (N-methyl/N-ethyl adjacent to an activating group) is 1. The molecule has 174 valence electrons. The number of nitrogens with one attached hydrogen (secondary N) is 1. The van der Waals surface area contributed by atoms with E-state index in [0.717, 1.165) is 37.5 Å².